The third kappa shape index (κ3) is 6.00. The maximum Gasteiger partial charge on any atom is 0.408 e. The first-order valence-electron chi connectivity index (χ1n) is 6.49. The smallest absolute Gasteiger partial charge is 0.408 e. The molecule has 112 valence electrons. The Labute approximate surface area is 124 Å². The number of aromatic carboxylic acids is 1. The first-order valence-corrected chi connectivity index (χ1v) is 6.49. The summed E-state index contributed by atoms with van der Waals surface area (Å²) in [5.41, 5.74) is 0.856. The molecule has 0 heterocycles. The predicted octanol–water partition coefficient (Wildman–Crippen LogP) is 2.57. The Morgan fingerprint density at radius 3 is 2.57 bits per heavy atom. The second-order valence-electron chi connectivity index (χ2n) is 5.51. The number of alkyl carbamates (subject to hydrolysis) is 1. The summed E-state index contributed by atoms with van der Waals surface area (Å²) in [6, 6.07) is 5.00. The summed E-state index contributed by atoms with van der Waals surface area (Å²) in [7, 11) is 0. The minimum atomic E-state index is -1.02. The van der Waals surface area contributed by atoms with Crippen molar-refractivity contribution in [2.45, 2.75) is 33.3 Å². The van der Waals surface area contributed by atoms with Crippen molar-refractivity contribution < 1.29 is 19.4 Å². The van der Waals surface area contributed by atoms with Crippen molar-refractivity contribution in [1.82, 2.24) is 5.32 Å². The van der Waals surface area contributed by atoms with Crippen LogP contribution in [-0.2, 0) is 4.74 Å². The Morgan fingerprint density at radius 2 is 2.00 bits per heavy atom. The van der Waals surface area contributed by atoms with Crippen molar-refractivity contribution in [3.63, 3.8) is 0 Å². The normalized spacial score (nSPS) is 10.3. The topological polar surface area (TPSA) is 75.6 Å². The van der Waals surface area contributed by atoms with Gasteiger partial charge in [0.05, 0.1) is 12.1 Å². The molecule has 0 radical (unpaired) electrons. The summed E-state index contributed by atoms with van der Waals surface area (Å²) in [6.07, 6.45) is -0.556. The molecule has 0 aliphatic rings. The van der Waals surface area contributed by atoms with Crippen molar-refractivity contribution in [1.29, 1.82) is 0 Å². The second kappa shape index (κ2) is 6.80. The largest absolute Gasteiger partial charge is 0.478 e. The van der Waals surface area contributed by atoms with E-state index in [0.717, 1.165) is 5.56 Å². The van der Waals surface area contributed by atoms with Gasteiger partial charge in [0.15, 0.2) is 0 Å². The highest BCUT2D eigenvalue weighted by atomic mass is 16.6. The zero-order valence-electron chi connectivity index (χ0n) is 12.6. The van der Waals surface area contributed by atoms with Crippen molar-refractivity contribution >= 4 is 12.1 Å². The van der Waals surface area contributed by atoms with Crippen molar-refractivity contribution in [3.8, 4) is 11.8 Å². The molecular formula is C16H19NO4. The third-order valence-electron chi connectivity index (χ3n) is 2.35. The molecule has 0 fully saturated rings. The predicted molar refractivity (Wildman–Crippen MR) is 79.3 cm³/mol. The molecular weight excluding hydrogens is 270 g/mol. The maximum absolute atomic E-state index is 11.4. The van der Waals surface area contributed by atoms with Gasteiger partial charge in [0, 0.05) is 5.56 Å². The number of carbonyl (C=O) groups excluding carboxylic acids is 1. The van der Waals surface area contributed by atoms with Crippen LogP contribution in [-0.4, -0.2) is 29.3 Å². The number of amides is 1. The third-order valence-corrected chi connectivity index (χ3v) is 2.35. The number of hydrogen-bond donors (Lipinski definition) is 2. The van der Waals surface area contributed by atoms with E-state index in [2.05, 4.69) is 17.2 Å². The maximum atomic E-state index is 11.4. The number of ether oxygens (including phenoxy) is 1. The standard InChI is InChI=1S/C16H19NO4/c1-11-7-8-12(13(10-11)14(18)19)6-5-9-17-15(20)21-16(2,3)4/h7-8,10H,9H2,1-4H3,(H,17,20)(H,18,19). The van der Waals surface area contributed by atoms with Gasteiger partial charge < -0.3 is 15.2 Å². The van der Waals surface area contributed by atoms with Gasteiger partial charge >= 0.3 is 12.1 Å². The molecule has 0 aliphatic heterocycles. The lowest BCUT2D eigenvalue weighted by molar-refractivity contribution is 0.0534. The van der Waals surface area contributed by atoms with Crippen LogP contribution in [0, 0.1) is 18.8 Å². The first-order chi connectivity index (χ1) is 9.69. The lowest BCUT2D eigenvalue weighted by atomic mass is 10.1. The molecule has 0 saturated carbocycles. The molecule has 2 N–H and O–H groups in total. The number of carbonyl (C=O) groups is 2. The summed E-state index contributed by atoms with van der Waals surface area (Å²) in [4.78, 5) is 22.5. The van der Waals surface area contributed by atoms with Gasteiger partial charge in [-0.3, -0.25) is 0 Å². The van der Waals surface area contributed by atoms with Crippen LogP contribution in [0.2, 0.25) is 0 Å². The number of aryl methyl sites for hydroxylation is 1. The Morgan fingerprint density at radius 1 is 1.33 bits per heavy atom. The highest BCUT2D eigenvalue weighted by Gasteiger charge is 2.15. The zero-order chi connectivity index (χ0) is 16.0. The molecule has 0 saturated heterocycles. The second-order valence-corrected chi connectivity index (χ2v) is 5.51. The lowest BCUT2D eigenvalue weighted by Crippen LogP contribution is -2.32. The first kappa shape index (κ1) is 16.6. The van der Waals surface area contributed by atoms with E-state index in [1.54, 1.807) is 39.0 Å². The van der Waals surface area contributed by atoms with E-state index in [-0.39, 0.29) is 12.1 Å². The van der Waals surface area contributed by atoms with Crippen molar-refractivity contribution in [3.05, 3.63) is 34.9 Å². The van der Waals surface area contributed by atoms with Crippen LogP contribution in [0.3, 0.4) is 0 Å². The Hall–Kier alpha value is -2.48. The Bertz CT molecular complexity index is 603. The minimum Gasteiger partial charge on any atom is -0.478 e. The van der Waals surface area contributed by atoms with Crippen LogP contribution in [0.15, 0.2) is 18.2 Å². The molecule has 1 aromatic carbocycles. The van der Waals surface area contributed by atoms with E-state index in [1.807, 2.05) is 6.92 Å². The van der Waals surface area contributed by atoms with Gasteiger partial charge in [0.1, 0.15) is 5.60 Å². The van der Waals surface area contributed by atoms with Crippen LogP contribution in [0.5, 0.6) is 0 Å². The SMILES string of the molecule is Cc1ccc(C#CCNC(=O)OC(C)(C)C)c(C(=O)O)c1. The van der Waals surface area contributed by atoms with Crippen molar-refractivity contribution in [2.75, 3.05) is 6.54 Å². The summed E-state index contributed by atoms with van der Waals surface area (Å²) in [6.45, 7) is 7.20. The van der Waals surface area contributed by atoms with Crippen LogP contribution in [0.25, 0.3) is 0 Å². The van der Waals surface area contributed by atoms with Crippen LogP contribution in [0.1, 0.15) is 42.3 Å². The van der Waals surface area contributed by atoms with Gasteiger partial charge in [-0.05, 0) is 39.8 Å². The highest BCUT2D eigenvalue weighted by Crippen LogP contribution is 2.10. The summed E-state index contributed by atoms with van der Waals surface area (Å²) in [5.74, 6) is 4.42. The van der Waals surface area contributed by atoms with E-state index in [4.69, 9.17) is 9.84 Å². The fraction of sp³-hybridized carbons (Fsp3) is 0.375. The molecule has 1 aromatic rings. The number of hydrogen-bond acceptors (Lipinski definition) is 3. The zero-order valence-corrected chi connectivity index (χ0v) is 12.6. The summed E-state index contributed by atoms with van der Waals surface area (Å²) in [5, 5.41) is 11.6. The number of carboxylic acid groups (broad SMARTS) is 1. The number of nitrogens with one attached hydrogen (secondary N) is 1. The number of carboxylic acids is 1. The Balaban J connectivity index is 2.68. The molecule has 0 bridgehead atoms. The summed E-state index contributed by atoms with van der Waals surface area (Å²) < 4.78 is 5.06. The average molecular weight is 289 g/mol. The molecule has 21 heavy (non-hydrogen) atoms. The van der Waals surface area contributed by atoms with Gasteiger partial charge in [0.25, 0.3) is 0 Å². The highest BCUT2D eigenvalue weighted by molar-refractivity contribution is 5.91. The minimum absolute atomic E-state index is 0.0852. The molecule has 0 aromatic heterocycles. The molecule has 1 rings (SSSR count). The molecule has 0 spiro atoms. The quantitative estimate of drug-likeness (QED) is 0.820. The van der Waals surface area contributed by atoms with E-state index in [0.29, 0.717) is 5.56 Å². The van der Waals surface area contributed by atoms with Crippen LogP contribution in [0.4, 0.5) is 4.79 Å². The van der Waals surface area contributed by atoms with Gasteiger partial charge in [-0.25, -0.2) is 9.59 Å². The number of benzene rings is 1. The summed E-state index contributed by atoms with van der Waals surface area (Å²) >= 11 is 0. The van der Waals surface area contributed by atoms with Crippen LogP contribution >= 0.6 is 0 Å². The number of rotatable bonds is 2. The van der Waals surface area contributed by atoms with E-state index in [9.17, 15) is 9.59 Å². The molecule has 5 nitrogen and oxygen atoms in total. The molecule has 0 atom stereocenters. The van der Waals surface area contributed by atoms with Gasteiger partial charge in [-0.1, -0.05) is 23.5 Å². The molecule has 5 heteroatoms. The van der Waals surface area contributed by atoms with Gasteiger partial charge in [-0.15, -0.1) is 0 Å². The van der Waals surface area contributed by atoms with E-state index in [1.165, 1.54) is 0 Å². The molecule has 0 aliphatic carbocycles. The fourth-order valence-corrected chi connectivity index (χ4v) is 1.51. The van der Waals surface area contributed by atoms with E-state index < -0.39 is 17.7 Å². The van der Waals surface area contributed by atoms with Gasteiger partial charge in [0.2, 0.25) is 0 Å². The van der Waals surface area contributed by atoms with Crippen molar-refractivity contribution in [2.24, 2.45) is 0 Å². The van der Waals surface area contributed by atoms with E-state index >= 15 is 0 Å². The average Bonchev–Trinajstić information content (AvgIpc) is 2.33. The Kier molecular flexibility index (Phi) is 5.37. The lowest BCUT2D eigenvalue weighted by Gasteiger charge is -2.19. The van der Waals surface area contributed by atoms with Crippen LogP contribution < -0.4 is 5.32 Å². The monoisotopic (exact) mass is 289 g/mol. The fourth-order valence-electron chi connectivity index (χ4n) is 1.51. The molecule has 1 amide bonds. The molecule has 0 unspecified atom stereocenters. The van der Waals surface area contributed by atoms with Gasteiger partial charge in [-0.2, -0.15) is 0 Å².